The first-order valence-electron chi connectivity index (χ1n) is 9.26. The Morgan fingerprint density at radius 1 is 1.13 bits per heavy atom. The van der Waals surface area contributed by atoms with Crippen LogP contribution in [0.1, 0.15) is 6.92 Å². The summed E-state index contributed by atoms with van der Waals surface area (Å²) in [5.41, 5.74) is 2.94. The summed E-state index contributed by atoms with van der Waals surface area (Å²) in [5, 5.41) is 7.08. The Bertz CT molecular complexity index is 1190. The number of imidazole rings is 1. The van der Waals surface area contributed by atoms with E-state index < -0.39 is 11.9 Å². The number of benzene rings is 2. The summed E-state index contributed by atoms with van der Waals surface area (Å²) < 4.78 is 25.5. The van der Waals surface area contributed by atoms with Crippen LogP contribution in [0, 0.1) is 5.82 Å². The van der Waals surface area contributed by atoms with Crippen molar-refractivity contribution in [3.63, 3.8) is 0 Å². The highest BCUT2D eigenvalue weighted by atomic mass is 19.1. The van der Waals surface area contributed by atoms with Crippen molar-refractivity contribution in [2.24, 2.45) is 0 Å². The standard InChI is InChI=1S/C22H19FN4O3/c1-14(30-18-5-3-4-16(23)12-18)22(28)24-17-8-6-15(7-9-17)19-13-27-20(25-19)10-11-21(26-27)29-2/h3-14H,1-2H3,(H,24,28)/t14-/m1/s1. The Labute approximate surface area is 172 Å². The molecule has 0 bridgehead atoms. The van der Waals surface area contributed by atoms with Crippen molar-refractivity contribution in [3.05, 3.63) is 72.7 Å². The lowest BCUT2D eigenvalue weighted by molar-refractivity contribution is -0.122. The first kappa shape index (κ1) is 19.4. The minimum absolute atomic E-state index is 0.296. The van der Waals surface area contributed by atoms with Crippen LogP contribution in [-0.4, -0.2) is 33.7 Å². The summed E-state index contributed by atoms with van der Waals surface area (Å²) in [7, 11) is 1.56. The van der Waals surface area contributed by atoms with Gasteiger partial charge >= 0.3 is 0 Å². The van der Waals surface area contributed by atoms with Crippen LogP contribution < -0.4 is 14.8 Å². The first-order chi connectivity index (χ1) is 14.5. The number of amides is 1. The number of nitrogens with zero attached hydrogens (tertiary/aromatic N) is 3. The lowest BCUT2D eigenvalue weighted by atomic mass is 10.1. The van der Waals surface area contributed by atoms with Gasteiger partial charge in [-0.1, -0.05) is 18.2 Å². The number of carbonyl (C=O) groups excluding carboxylic acids is 1. The molecule has 0 aliphatic heterocycles. The van der Waals surface area contributed by atoms with E-state index in [2.05, 4.69) is 15.4 Å². The number of aromatic nitrogens is 3. The molecular formula is C22H19FN4O3. The zero-order valence-corrected chi connectivity index (χ0v) is 16.4. The topological polar surface area (TPSA) is 77.8 Å². The number of fused-ring (bicyclic) bond motifs is 1. The van der Waals surface area contributed by atoms with Gasteiger partial charge in [-0.2, -0.15) is 0 Å². The lowest BCUT2D eigenvalue weighted by Crippen LogP contribution is -2.30. The van der Waals surface area contributed by atoms with E-state index in [1.54, 1.807) is 49.0 Å². The highest BCUT2D eigenvalue weighted by molar-refractivity contribution is 5.94. The summed E-state index contributed by atoms with van der Waals surface area (Å²) in [6, 6.07) is 16.5. The second-order valence-electron chi connectivity index (χ2n) is 6.59. The van der Waals surface area contributed by atoms with E-state index in [9.17, 15) is 9.18 Å². The summed E-state index contributed by atoms with van der Waals surface area (Å²) in [5.74, 6) is 0.0384. The second-order valence-corrected chi connectivity index (χ2v) is 6.59. The van der Waals surface area contributed by atoms with E-state index in [1.165, 1.54) is 18.2 Å². The average Bonchev–Trinajstić information content (AvgIpc) is 3.17. The molecule has 2 heterocycles. The van der Waals surface area contributed by atoms with Crippen LogP contribution in [0.25, 0.3) is 16.9 Å². The molecule has 0 aliphatic carbocycles. The van der Waals surface area contributed by atoms with Crippen LogP contribution in [-0.2, 0) is 4.79 Å². The molecular weight excluding hydrogens is 387 g/mol. The van der Waals surface area contributed by atoms with Gasteiger partial charge in [0.1, 0.15) is 11.6 Å². The van der Waals surface area contributed by atoms with E-state index in [0.717, 1.165) is 11.3 Å². The third kappa shape index (κ3) is 4.22. The van der Waals surface area contributed by atoms with Crippen LogP contribution in [0.3, 0.4) is 0 Å². The Hall–Kier alpha value is -3.94. The molecule has 0 saturated heterocycles. The summed E-state index contributed by atoms with van der Waals surface area (Å²) >= 11 is 0. The van der Waals surface area contributed by atoms with Gasteiger partial charge in [-0.25, -0.2) is 13.9 Å². The largest absolute Gasteiger partial charge is 0.481 e. The molecule has 0 spiro atoms. The molecule has 30 heavy (non-hydrogen) atoms. The molecule has 4 rings (SSSR count). The molecule has 0 saturated carbocycles. The van der Waals surface area contributed by atoms with Gasteiger partial charge in [0.2, 0.25) is 5.88 Å². The lowest BCUT2D eigenvalue weighted by Gasteiger charge is -2.15. The highest BCUT2D eigenvalue weighted by Crippen LogP contribution is 2.22. The van der Waals surface area contributed by atoms with Crippen LogP contribution in [0.5, 0.6) is 11.6 Å². The van der Waals surface area contributed by atoms with Crippen LogP contribution in [0.2, 0.25) is 0 Å². The van der Waals surface area contributed by atoms with Gasteiger partial charge in [-0.15, -0.1) is 5.10 Å². The number of hydrogen-bond donors (Lipinski definition) is 1. The van der Waals surface area contributed by atoms with Crippen LogP contribution in [0.15, 0.2) is 66.9 Å². The molecule has 0 fully saturated rings. The molecule has 1 atom stereocenters. The maximum absolute atomic E-state index is 13.3. The number of hydrogen-bond acceptors (Lipinski definition) is 5. The molecule has 8 heteroatoms. The van der Waals surface area contributed by atoms with Gasteiger partial charge in [-0.05, 0) is 37.3 Å². The number of nitrogens with one attached hydrogen (secondary N) is 1. The molecule has 2 aromatic heterocycles. The SMILES string of the molecule is COc1ccc2nc(-c3ccc(NC(=O)[C@@H](C)Oc4cccc(F)c4)cc3)cn2n1. The Balaban J connectivity index is 1.43. The summed E-state index contributed by atoms with van der Waals surface area (Å²) in [4.78, 5) is 16.9. The number of carbonyl (C=O) groups is 1. The van der Waals surface area contributed by atoms with Crippen molar-refractivity contribution in [1.29, 1.82) is 0 Å². The van der Waals surface area contributed by atoms with Crippen molar-refractivity contribution >= 4 is 17.2 Å². The van der Waals surface area contributed by atoms with Crippen LogP contribution in [0.4, 0.5) is 10.1 Å². The first-order valence-corrected chi connectivity index (χ1v) is 9.26. The second kappa shape index (κ2) is 8.20. The molecule has 4 aromatic rings. The average molecular weight is 406 g/mol. The number of ether oxygens (including phenoxy) is 2. The zero-order valence-electron chi connectivity index (χ0n) is 16.4. The Morgan fingerprint density at radius 2 is 1.93 bits per heavy atom. The number of rotatable bonds is 6. The maximum atomic E-state index is 13.3. The maximum Gasteiger partial charge on any atom is 0.265 e. The number of anilines is 1. The molecule has 7 nitrogen and oxygen atoms in total. The fraction of sp³-hybridized carbons (Fsp3) is 0.136. The van der Waals surface area contributed by atoms with Crippen molar-refractivity contribution in [3.8, 4) is 22.9 Å². The fourth-order valence-corrected chi connectivity index (χ4v) is 2.88. The van der Waals surface area contributed by atoms with Crippen molar-refractivity contribution < 1.29 is 18.7 Å². The molecule has 2 aromatic carbocycles. The van der Waals surface area contributed by atoms with E-state index in [1.807, 2.05) is 18.2 Å². The number of methoxy groups -OCH3 is 1. The summed E-state index contributed by atoms with van der Waals surface area (Å²) in [6.07, 6.45) is 1.02. The molecule has 0 aliphatic rings. The van der Waals surface area contributed by atoms with Gasteiger partial charge in [0.05, 0.1) is 19.0 Å². The van der Waals surface area contributed by atoms with E-state index in [-0.39, 0.29) is 5.91 Å². The third-order valence-electron chi connectivity index (χ3n) is 4.43. The highest BCUT2D eigenvalue weighted by Gasteiger charge is 2.15. The number of halogens is 1. The van der Waals surface area contributed by atoms with E-state index in [0.29, 0.717) is 23.0 Å². The smallest absolute Gasteiger partial charge is 0.265 e. The quantitative estimate of drug-likeness (QED) is 0.525. The molecule has 0 unspecified atom stereocenters. The zero-order chi connectivity index (χ0) is 21.1. The van der Waals surface area contributed by atoms with Crippen molar-refractivity contribution in [1.82, 2.24) is 14.6 Å². The van der Waals surface area contributed by atoms with Crippen molar-refractivity contribution in [2.75, 3.05) is 12.4 Å². The molecule has 0 radical (unpaired) electrons. The van der Waals surface area contributed by atoms with Crippen LogP contribution >= 0.6 is 0 Å². The van der Waals surface area contributed by atoms with E-state index in [4.69, 9.17) is 9.47 Å². The monoisotopic (exact) mass is 406 g/mol. The van der Waals surface area contributed by atoms with Gasteiger partial charge in [-0.3, -0.25) is 4.79 Å². The fourth-order valence-electron chi connectivity index (χ4n) is 2.88. The van der Waals surface area contributed by atoms with Gasteiger partial charge in [0, 0.05) is 23.4 Å². The van der Waals surface area contributed by atoms with Gasteiger partial charge < -0.3 is 14.8 Å². The third-order valence-corrected chi connectivity index (χ3v) is 4.43. The minimum Gasteiger partial charge on any atom is -0.481 e. The molecule has 152 valence electrons. The summed E-state index contributed by atoms with van der Waals surface area (Å²) in [6.45, 7) is 1.60. The normalized spacial score (nSPS) is 11.8. The Morgan fingerprint density at radius 3 is 2.67 bits per heavy atom. The predicted octanol–water partition coefficient (Wildman–Crippen LogP) is 3.95. The van der Waals surface area contributed by atoms with E-state index >= 15 is 0 Å². The van der Waals surface area contributed by atoms with Gasteiger partial charge in [0.25, 0.3) is 5.91 Å². The molecule has 1 amide bonds. The van der Waals surface area contributed by atoms with Gasteiger partial charge in [0.15, 0.2) is 11.8 Å². The molecule has 1 N–H and O–H groups in total. The van der Waals surface area contributed by atoms with Crippen molar-refractivity contribution in [2.45, 2.75) is 13.0 Å². The predicted molar refractivity (Wildman–Crippen MR) is 110 cm³/mol. The minimum atomic E-state index is -0.786. The Kier molecular flexibility index (Phi) is 5.30.